The van der Waals surface area contributed by atoms with Crippen LogP contribution < -0.4 is 21.2 Å². The van der Waals surface area contributed by atoms with Crippen molar-refractivity contribution >= 4 is 29.1 Å². The molecule has 1 aliphatic heterocycles. The second-order valence-corrected chi connectivity index (χ2v) is 11.3. The lowest BCUT2D eigenvalue weighted by Gasteiger charge is -2.31. The first-order chi connectivity index (χ1) is 18.5. The maximum atomic E-state index is 12.3. The Morgan fingerprint density at radius 2 is 1.45 bits per heavy atom. The van der Waals surface area contributed by atoms with E-state index in [1.54, 1.807) is 0 Å². The number of amides is 1. The predicted molar refractivity (Wildman–Crippen MR) is 161 cm³/mol. The number of hydrogen-bond acceptors (Lipinski definition) is 4. The lowest BCUT2D eigenvalue weighted by Crippen LogP contribution is -2.44. The summed E-state index contributed by atoms with van der Waals surface area (Å²) in [6, 6.07) is 10.1. The number of carbonyl (C=O) groups is 1. The molecule has 5 nitrogen and oxygen atoms in total. The highest BCUT2D eigenvalue weighted by atomic mass is 16.5. The van der Waals surface area contributed by atoms with Gasteiger partial charge in [-0.25, -0.2) is 4.79 Å². The predicted octanol–water partition coefficient (Wildman–Crippen LogP) is 8.00. The number of anilines is 1. The van der Waals surface area contributed by atoms with E-state index in [4.69, 9.17) is 9.73 Å². The highest BCUT2D eigenvalue weighted by molar-refractivity contribution is 5.94. The molecule has 1 unspecified atom stereocenters. The third-order valence-electron chi connectivity index (χ3n) is 7.66. The minimum Gasteiger partial charge on any atom is -0.445 e. The summed E-state index contributed by atoms with van der Waals surface area (Å²) >= 11 is 0. The van der Waals surface area contributed by atoms with Crippen LogP contribution in [0.4, 0.5) is 10.5 Å². The molecule has 1 aliphatic rings. The van der Waals surface area contributed by atoms with Crippen molar-refractivity contribution in [2.75, 3.05) is 18.5 Å². The Balaban J connectivity index is 1.18. The first-order valence-corrected chi connectivity index (χ1v) is 15.3. The summed E-state index contributed by atoms with van der Waals surface area (Å²) in [5.74, 6) is 0. The SMILES string of the molecule is C=c1ccc2c3c(cccc13)NC(C)(COC(=O)NCCCCCCCCCCCCCCCCCC)N=2. The van der Waals surface area contributed by atoms with Crippen LogP contribution in [0, 0.1) is 0 Å². The van der Waals surface area contributed by atoms with Crippen molar-refractivity contribution in [3.63, 3.8) is 0 Å². The van der Waals surface area contributed by atoms with E-state index >= 15 is 0 Å². The van der Waals surface area contributed by atoms with E-state index in [1.807, 2.05) is 31.2 Å². The molecule has 3 rings (SSSR count). The van der Waals surface area contributed by atoms with Crippen LogP contribution in [0.15, 0.2) is 35.3 Å². The quantitative estimate of drug-likeness (QED) is 0.184. The van der Waals surface area contributed by atoms with Gasteiger partial charge in [0.25, 0.3) is 0 Å². The topological polar surface area (TPSA) is 62.7 Å². The van der Waals surface area contributed by atoms with Gasteiger partial charge in [-0.3, -0.25) is 4.99 Å². The highest BCUT2D eigenvalue weighted by Gasteiger charge is 2.29. The summed E-state index contributed by atoms with van der Waals surface area (Å²) in [7, 11) is 0. The van der Waals surface area contributed by atoms with Crippen molar-refractivity contribution in [3.05, 3.63) is 40.9 Å². The van der Waals surface area contributed by atoms with Gasteiger partial charge in [-0.15, -0.1) is 0 Å². The molecule has 1 amide bonds. The van der Waals surface area contributed by atoms with Gasteiger partial charge in [-0.2, -0.15) is 0 Å². The van der Waals surface area contributed by atoms with Crippen LogP contribution in [-0.4, -0.2) is 24.9 Å². The molecule has 0 aliphatic carbocycles. The van der Waals surface area contributed by atoms with Crippen LogP contribution >= 0.6 is 0 Å². The molecule has 1 heterocycles. The molecule has 2 N–H and O–H groups in total. The molecule has 0 radical (unpaired) electrons. The van der Waals surface area contributed by atoms with E-state index in [0.29, 0.717) is 6.54 Å². The smallest absolute Gasteiger partial charge is 0.407 e. The third-order valence-corrected chi connectivity index (χ3v) is 7.66. The molecule has 1 atom stereocenters. The molecule has 2 aromatic carbocycles. The van der Waals surface area contributed by atoms with Gasteiger partial charge in [0.2, 0.25) is 0 Å². The Morgan fingerprint density at radius 3 is 2.05 bits per heavy atom. The first-order valence-electron chi connectivity index (χ1n) is 15.3. The Labute approximate surface area is 230 Å². The zero-order valence-electron chi connectivity index (χ0n) is 24.1. The van der Waals surface area contributed by atoms with E-state index in [-0.39, 0.29) is 12.7 Å². The third kappa shape index (κ3) is 9.96. The monoisotopic (exact) mass is 521 g/mol. The number of hydrogen-bond donors (Lipinski definition) is 2. The van der Waals surface area contributed by atoms with Gasteiger partial charge in [0.1, 0.15) is 6.61 Å². The zero-order chi connectivity index (χ0) is 27.1. The van der Waals surface area contributed by atoms with Crippen LogP contribution in [0.25, 0.3) is 17.4 Å². The van der Waals surface area contributed by atoms with Crippen LogP contribution in [0.1, 0.15) is 117 Å². The van der Waals surface area contributed by atoms with E-state index in [0.717, 1.165) is 39.9 Å². The Bertz CT molecular complexity index is 1100. The number of alkyl carbamates (subject to hydrolysis) is 1. The van der Waals surface area contributed by atoms with Crippen molar-refractivity contribution in [1.82, 2.24) is 5.32 Å². The van der Waals surface area contributed by atoms with Crippen molar-refractivity contribution in [1.29, 1.82) is 0 Å². The zero-order valence-corrected chi connectivity index (χ0v) is 24.1. The summed E-state index contributed by atoms with van der Waals surface area (Å²) in [4.78, 5) is 17.1. The molecular weight excluding hydrogens is 470 g/mol. The van der Waals surface area contributed by atoms with E-state index in [9.17, 15) is 4.79 Å². The molecule has 0 bridgehead atoms. The number of nitrogens with one attached hydrogen (secondary N) is 2. The fourth-order valence-corrected chi connectivity index (χ4v) is 5.42. The van der Waals surface area contributed by atoms with Crippen molar-refractivity contribution < 1.29 is 9.53 Å². The van der Waals surface area contributed by atoms with Crippen LogP contribution in [-0.2, 0) is 4.74 Å². The minimum absolute atomic E-state index is 0.166. The fourth-order valence-electron chi connectivity index (χ4n) is 5.42. The van der Waals surface area contributed by atoms with Crippen LogP contribution in [0.2, 0.25) is 0 Å². The van der Waals surface area contributed by atoms with Gasteiger partial charge in [0.15, 0.2) is 5.66 Å². The van der Waals surface area contributed by atoms with E-state index < -0.39 is 5.66 Å². The van der Waals surface area contributed by atoms with E-state index in [1.165, 1.54) is 89.9 Å². The van der Waals surface area contributed by atoms with Gasteiger partial charge >= 0.3 is 6.09 Å². The second-order valence-electron chi connectivity index (χ2n) is 11.3. The van der Waals surface area contributed by atoms with E-state index in [2.05, 4.69) is 30.2 Å². The van der Waals surface area contributed by atoms with Gasteiger partial charge in [0.05, 0.1) is 5.36 Å². The maximum Gasteiger partial charge on any atom is 0.407 e. The van der Waals surface area contributed by atoms with Crippen LogP contribution in [0.5, 0.6) is 0 Å². The number of nitrogens with zero attached hydrogens (tertiary/aromatic N) is 1. The molecular formula is C33H51N3O2. The van der Waals surface area contributed by atoms with Gasteiger partial charge in [0, 0.05) is 17.6 Å². The summed E-state index contributed by atoms with van der Waals surface area (Å²) < 4.78 is 5.53. The number of unbranched alkanes of at least 4 members (excludes halogenated alkanes) is 15. The standard InChI is InChI=1S/C33H51N3O2/c1-4-5-6-7-8-9-10-11-12-13-14-15-16-17-18-19-25-34-32(37)38-26-33(3)35-29-22-20-21-28-27(2)23-24-30(36-33)31(28)29/h20-24,35H,2,4-19,25-26H2,1,3H3,(H,34,37). The molecule has 5 heteroatoms. The largest absolute Gasteiger partial charge is 0.445 e. The summed E-state index contributed by atoms with van der Waals surface area (Å²) in [6.45, 7) is 9.18. The minimum atomic E-state index is -0.699. The maximum absolute atomic E-state index is 12.3. The Hall–Kier alpha value is -2.56. The van der Waals surface area contributed by atoms with Crippen molar-refractivity contribution in [2.45, 2.75) is 122 Å². The van der Waals surface area contributed by atoms with Crippen LogP contribution in [0.3, 0.4) is 0 Å². The lowest BCUT2D eigenvalue weighted by molar-refractivity contribution is 0.126. The molecule has 0 saturated heterocycles. The number of rotatable bonds is 19. The summed E-state index contributed by atoms with van der Waals surface area (Å²) in [5.41, 5.74) is 0.299. The molecule has 0 spiro atoms. The number of carbonyl (C=O) groups excluding carboxylic acids is 1. The molecule has 2 aromatic rings. The second kappa shape index (κ2) is 16.4. The average Bonchev–Trinajstić information content (AvgIpc) is 2.91. The molecule has 0 fully saturated rings. The van der Waals surface area contributed by atoms with Crippen molar-refractivity contribution in [3.8, 4) is 0 Å². The Kier molecular flexibility index (Phi) is 13.0. The molecule has 38 heavy (non-hydrogen) atoms. The van der Waals surface area contributed by atoms with Gasteiger partial charge in [-0.05, 0) is 36.1 Å². The molecule has 210 valence electrons. The first kappa shape index (κ1) is 30.0. The fraction of sp³-hybridized carbons (Fsp3) is 0.636. The summed E-state index contributed by atoms with van der Waals surface area (Å²) in [6.07, 6.45) is 21.1. The van der Waals surface area contributed by atoms with Gasteiger partial charge in [-0.1, -0.05) is 128 Å². The number of ether oxygens (including phenoxy) is 1. The lowest BCUT2D eigenvalue weighted by atomic mass is 10.0. The van der Waals surface area contributed by atoms with Gasteiger partial charge < -0.3 is 15.4 Å². The van der Waals surface area contributed by atoms with Crippen molar-refractivity contribution in [2.24, 2.45) is 4.99 Å². The molecule has 0 saturated carbocycles. The number of benzene rings is 2. The Morgan fingerprint density at radius 1 is 0.868 bits per heavy atom. The summed E-state index contributed by atoms with van der Waals surface area (Å²) in [5, 5.41) is 10.4. The average molecular weight is 522 g/mol. The molecule has 0 aromatic heterocycles. The highest BCUT2D eigenvalue weighted by Crippen LogP contribution is 2.26. The normalized spacial score (nSPS) is 16.2.